The highest BCUT2D eigenvalue weighted by Gasteiger charge is 2.08. The van der Waals surface area contributed by atoms with Gasteiger partial charge in [0.15, 0.2) is 0 Å². The Kier molecular flexibility index (Phi) is 10.5. The summed E-state index contributed by atoms with van der Waals surface area (Å²) in [6.45, 7) is 6.99. The smallest absolute Gasteiger partial charge is 0.124 e. The number of rotatable bonds is 11. The maximum Gasteiger partial charge on any atom is 0.124 e. The lowest BCUT2D eigenvalue weighted by atomic mass is 10.0. The Hall–Kier alpha value is -1.25. The van der Waals surface area contributed by atoms with Crippen LogP contribution in [0.5, 0.6) is 5.75 Å². The van der Waals surface area contributed by atoms with Crippen LogP contribution in [0.4, 0.5) is 0 Å². The molecule has 0 fully saturated rings. The predicted molar refractivity (Wildman–Crippen MR) is 107 cm³/mol. The van der Waals surface area contributed by atoms with Gasteiger partial charge in [-0.05, 0) is 36.7 Å². The second-order valence-electron chi connectivity index (χ2n) is 6.14. The Bertz CT molecular complexity index is 585. The number of benzene rings is 2. The molecule has 0 aliphatic carbocycles. The third kappa shape index (κ3) is 6.33. The van der Waals surface area contributed by atoms with E-state index in [1.807, 2.05) is 6.92 Å². The molecule has 0 spiro atoms. The van der Waals surface area contributed by atoms with Crippen molar-refractivity contribution in [3.8, 4) is 5.75 Å². The van der Waals surface area contributed by atoms with Crippen molar-refractivity contribution >= 4 is 23.2 Å². The van der Waals surface area contributed by atoms with Gasteiger partial charge in [-0.1, -0.05) is 69.4 Å². The summed E-state index contributed by atoms with van der Waals surface area (Å²) in [7, 11) is 0. The maximum absolute atomic E-state index is 5.83. The first-order valence-corrected chi connectivity index (χ1v) is 9.21. The molecule has 0 aliphatic heterocycles. The highest BCUT2D eigenvalue weighted by atomic mass is 35.5. The van der Waals surface area contributed by atoms with Crippen LogP contribution >= 0.6 is 12.4 Å². The minimum Gasteiger partial charge on any atom is -0.494 e. The van der Waals surface area contributed by atoms with Crippen molar-refractivity contribution in [2.45, 2.75) is 58.9 Å². The summed E-state index contributed by atoms with van der Waals surface area (Å²) in [5.41, 5.74) is 1.29. The van der Waals surface area contributed by atoms with Gasteiger partial charge < -0.3 is 10.1 Å². The van der Waals surface area contributed by atoms with Crippen LogP contribution in [0.15, 0.2) is 36.4 Å². The Balaban J connectivity index is 0.00000288. The van der Waals surface area contributed by atoms with E-state index >= 15 is 0 Å². The molecule has 3 heteroatoms. The molecule has 0 saturated heterocycles. The molecular weight excluding hydrogens is 318 g/mol. The van der Waals surface area contributed by atoms with Gasteiger partial charge in [0.25, 0.3) is 0 Å². The van der Waals surface area contributed by atoms with Gasteiger partial charge in [-0.3, -0.25) is 0 Å². The normalized spacial score (nSPS) is 10.6. The zero-order chi connectivity index (χ0) is 16.3. The van der Waals surface area contributed by atoms with Crippen molar-refractivity contribution in [1.29, 1.82) is 0 Å². The monoisotopic (exact) mass is 349 g/mol. The predicted octanol–water partition coefficient (Wildman–Crippen LogP) is 6.11. The largest absolute Gasteiger partial charge is 0.494 e. The van der Waals surface area contributed by atoms with Crippen LogP contribution in [-0.2, 0) is 6.54 Å². The summed E-state index contributed by atoms with van der Waals surface area (Å²) < 4.78 is 5.83. The number of fused-ring (bicyclic) bond motifs is 1. The molecule has 2 aromatic rings. The van der Waals surface area contributed by atoms with Gasteiger partial charge in [0.2, 0.25) is 0 Å². The molecule has 0 atom stereocenters. The molecule has 24 heavy (non-hydrogen) atoms. The molecule has 1 N–H and O–H groups in total. The topological polar surface area (TPSA) is 21.3 Å². The molecule has 0 radical (unpaired) electrons. The van der Waals surface area contributed by atoms with E-state index in [1.165, 1.54) is 54.9 Å². The van der Waals surface area contributed by atoms with E-state index in [0.29, 0.717) is 6.61 Å². The van der Waals surface area contributed by atoms with Crippen LogP contribution < -0.4 is 10.1 Å². The summed E-state index contributed by atoms with van der Waals surface area (Å²) in [5.74, 6) is 1.02. The maximum atomic E-state index is 5.83. The number of unbranched alkanes of at least 4 members (excludes halogenated alkanes) is 5. The summed E-state index contributed by atoms with van der Waals surface area (Å²) in [4.78, 5) is 0. The molecule has 0 aromatic heterocycles. The summed E-state index contributed by atoms with van der Waals surface area (Å²) in [5, 5.41) is 6.19. The van der Waals surface area contributed by atoms with Crippen molar-refractivity contribution in [1.82, 2.24) is 5.32 Å². The van der Waals surface area contributed by atoms with Crippen LogP contribution in [0.25, 0.3) is 10.8 Å². The summed E-state index contributed by atoms with van der Waals surface area (Å²) in [6.07, 6.45) is 8.04. The minimum atomic E-state index is 0. The average molecular weight is 350 g/mol. The van der Waals surface area contributed by atoms with Crippen molar-refractivity contribution in [3.05, 3.63) is 42.0 Å². The molecule has 2 nitrogen and oxygen atoms in total. The van der Waals surface area contributed by atoms with Gasteiger partial charge in [0.05, 0.1) is 6.61 Å². The minimum absolute atomic E-state index is 0. The van der Waals surface area contributed by atoms with E-state index in [9.17, 15) is 0 Å². The van der Waals surface area contributed by atoms with Crippen molar-refractivity contribution < 1.29 is 4.74 Å². The molecule has 0 heterocycles. The van der Waals surface area contributed by atoms with Gasteiger partial charge in [0.1, 0.15) is 5.75 Å². The highest BCUT2D eigenvalue weighted by molar-refractivity contribution is 5.87. The van der Waals surface area contributed by atoms with Crippen LogP contribution in [-0.4, -0.2) is 13.2 Å². The lowest BCUT2D eigenvalue weighted by Crippen LogP contribution is -2.15. The fourth-order valence-electron chi connectivity index (χ4n) is 3.03. The molecule has 0 saturated carbocycles. The van der Waals surface area contributed by atoms with E-state index in [0.717, 1.165) is 18.8 Å². The van der Waals surface area contributed by atoms with Gasteiger partial charge in [-0.15, -0.1) is 12.4 Å². The lowest BCUT2D eigenvalue weighted by Gasteiger charge is -2.14. The molecular formula is C21H32ClNO. The Labute approximate surface area is 153 Å². The first-order chi connectivity index (χ1) is 11.4. The second kappa shape index (κ2) is 12.2. The standard InChI is InChI=1S/C21H31NO.ClH/c1-3-5-6-7-8-11-16-22-17-20-19-13-10-9-12-18(19)14-15-21(20)23-4-2;/h9-10,12-15,22H,3-8,11,16-17H2,1-2H3;1H. The zero-order valence-electron chi connectivity index (χ0n) is 15.1. The Morgan fingerprint density at radius 1 is 0.875 bits per heavy atom. The lowest BCUT2D eigenvalue weighted by molar-refractivity contribution is 0.336. The number of hydrogen-bond donors (Lipinski definition) is 1. The fraction of sp³-hybridized carbons (Fsp3) is 0.524. The van der Waals surface area contributed by atoms with Gasteiger partial charge >= 0.3 is 0 Å². The Morgan fingerprint density at radius 3 is 2.42 bits per heavy atom. The van der Waals surface area contributed by atoms with E-state index in [4.69, 9.17) is 4.74 Å². The highest BCUT2D eigenvalue weighted by Crippen LogP contribution is 2.28. The van der Waals surface area contributed by atoms with Gasteiger partial charge in [-0.25, -0.2) is 0 Å². The first kappa shape index (κ1) is 20.8. The third-order valence-electron chi connectivity index (χ3n) is 4.31. The number of nitrogens with one attached hydrogen (secondary N) is 1. The third-order valence-corrected chi connectivity index (χ3v) is 4.31. The van der Waals surface area contributed by atoms with Crippen LogP contribution in [0.2, 0.25) is 0 Å². The van der Waals surface area contributed by atoms with Crippen LogP contribution in [0.3, 0.4) is 0 Å². The quantitative estimate of drug-likeness (QED) is 0.494. The summed E-state index contributed by atoms with van der Waals surface area (Å²) in [6, 6.07) is 12.8. The average Bonchev–Trinajstić information content (AvgIpc) is 2.58. The first-order valence-electron chi connectivity index (χ1n) is 9.21. The van der Waals surface area contributed by atoms with E-state index in [-0.39, 0.29) is 12.4 Å². The van der Waals surface area contributed by atoms with E-state index in [2.05, 4.69) is 48.6 Å². The van der Waals surface area contributed by atoms with Crippen molar-refractivity contribution in [3.63, 3.8) is 0 Å². The SMILES string of the molecule is CCCCCCCCNCc1c(OCC)ccc2ccccc12.Cl. The van der Waals surface area contributed by atoms with Gasteiger partial charge in [-0.2, -0.15) is 0 Å². The van der Waals surface area contributed by atoms with Crippen molar-refractivity contribution in [2.75, 3.05) is 13.2 Å². The Morgan fingerprint density at radius 2 is 1.62 bits per heavy atom. The van der Waals surface area contributed by atoms with Gasteiger partial charge in [0, 0.05) is 12.1 Å². The molecule has 0 aliphatic rings. The molecule has 2 rings (SSSR count). The van der Waals surface area contributed by atoms with Crippen LogP contribution in [0, 0.1) is 0 Å². The number of hydrogen-bond acceptors (Lipinski definition) is 2. The summed E-state index contributed by atoms with van der Waals surface area (Å²) >= 11 is 0. The molecule has 0 bridgehead atoms. The van der Waals surface area contributed by atoms with Crippen LogP contribution in [0.1, 0.15) is 57.9 Å². The second-order valence-corrected chi connectivity index (χ2v) is 6.14. The molecule has 0 unspecified atom stereocenters. The molecule has 0 amide bonds. The fourth-order valence-corrected chi connectivity index (χ4v) is 3.03. The number of halogens is 1. The van der Waals surface area contributed by atoms with E-state index in [1.54, 1.807) is 0 Å². The zero-order valence-corrected chi connectivity index (χ0v) is 16.0. The molecule has 2 aromatic carbocycles. The van der Waals surface area contributed by atoms with Crippen molar-refractivity contribution in [2.24, 2.45) is 0 Å². The molecule has 134 valence electrons. The number of ether oxygens (including phenoxy) is 1. The van der Waals surface area contributed by atoms with E-state index < -0.39 is 0 Å².